The van der Waals surface area contributed by atoms with Crippen LogP contribution in [0.15, 0.2) is 84.0 Å². The van der Waals surface area contributed by atoms with E-state index in [9.17, 15) is 9.18 Å². The zero-order valence-electron chi connectivity index (χ0n) is 17.9. The van der Waals surface area contributed by atoms with Crippen LogP contribution in [0.4, 0.5) is 10.1 Å². The van der Waals surface area contributed by atoms with E-state index in [0.29, 0.717) is 11.0 Å². The van der Waals surface area contributed by atoms with Crippen molar-refractivity contribution in [2.45, 2.75) is 29.8 Å². The number of benzene rings is 3. The van der Waals surface area contributed by atoms with Crippen LogP contribution in [0.5, 0.6) is 0 Å². The van der Waals surface area contributed by atoms with Crippen molar-refractivity contribution in [3.63, 3.8) is 0 Å². The zero-order chi connectivity index (χ0) is 22.8. The lowest BCUT2D eigenvalue weighted by molar-refractivity contribution is -0.116. The van der Waals surface area contributed by atoms with Gasteiger partial charge < -0.3 is 10.7 Å². The fourth-order valence-corrected chi connectivity index (χ4v) is 4.98. The molecule has 2 atom stereocenters. The minimum Gasteiger partial charge on any atom is -0.325 e. The van der Waals surface area contributed by atoms with Crippen LogP contribution >= 0.6 is 11.8 Å². The predicted octanol–water partition coefficient (Wildman–Crippen LogP) is 5.04. The van der Waals surface area contributed by atoms with Crippen molar-refractivity contribution in [1.82, 2.24) is 14.9 Å². The molecule has 166 valence electrons. The van der Waals surface area contributed by atoms with E-state index < -0.39 is 11.3 Å². The highest BCUT2D eigenvalue weighted by Crippen LogP contribution is 2.39. The normalized spacial score (nSPS) is 17.2. The average molecular weight is 460 g/mol. The van der Waals surface area contributed by atoms with Gasteiger partial charge in [-0.05, 0) is 35.7 Å². The summed E-state index contributed by atoms with van der Waals surface area (Å²) < 4.78 is 15.4. The molecule has 0 saturated heterocycles. The van der Waals surface area contributed by atoms with Crippen molar-refractivity contribution in [2.24, 2.45) is 0 Å². The summed E-state index contributed by atoms with van der Waals surface area (Å²) in [6.07, 6.45) is 0.808. The first-order valence-electron chi connectivity index (χ1n) is 10.7. The first-order valence-corrected chi connectivity index (χ1v) is 11.6. The zero-order valence-corrected chi connectivity index (χ0v) is 18.7. The number of hydrogen-bond acceptors (Lipinski definition) is 5. The van der Waals surface area contributed by atoms with Gasteiger partial charge in [0.1, 0.15) is 11.1 Å². The number of amides is 1. The van der Waals surface area contributed by atoms with Gasteiger partial charge in [-0.15, -0.1) is 10.2 Å². The number of fused-ring (bicyclic) bond motifs is 1. The van der Waals surface area contributed by atoms with Crippen LogP contribution in [-0.4, -0.2) is 26.0 Å². The van der Waals surface area contributed by atoms with E-state index in [2.05, 4.69) is 27.9 Å². The number of carbonyl (C=O) groups excluding carboxylic acids is 1. The standard InChI is InChI=1S/C25H22FN5OS/c1-2-16-8-6-7-11-20(16)27-24(32)22-21(17-12-14-19(26)15-13-17)30-31-23(28-29-25(31)33-22)18-9-4-3-5-10-18/h3-15,21-22,30H,2H2,1H3,(H,27,32). The SMILES string of the molecule is CCc1ccccc1NC(=O)C1Sc2nnc(-c3ccccc3)n2NC1c1ccc(F)cc1. The van der Waals surface area contributed by atoms with Gasteiger partial charge in [-0.2, -0.15) is 0 Å². The van der Waals surface area contributed by atoms with Gasteiger partial charge in [0, 0.05) is 11.3 Å². The Hall–Kier alpha value is -3.65. The summed E-state index contributed by atoms with van der Waals surface area (Å²) in [6.45, 7) is 2.05. The summed E-state index contributed by atoms with van der Waals surface area (Å²) in [5.41, 5.74) is 6.97. The molecule has 1 aliphatic heterocycles. The number of halogens is 1. The van der Waals surface area contributed by atoms with E-state index in [1.165, 1.54) is 23.9 Å². The predicted molar refractivity (Wildman–Crippen MR) is 128 cm³/mol. The summed E-state index contributed by atoms with van der Waals surface area (Å²) >= 11 is 1.34. The topological polar surface area (TPSA) is 71.8 Å². The number of aromatic nitrogens is 3. The fourth-order valence-electron chi connectivity index (χ4n) is 3.90. The van der Waals surface area contributed by atoms with Crippen LogP contribution in [0.25, 0.3) is 11.4 Å². The van der Waals surface area contributed by atoms with Gasteiger partial charge in [-0.3, -0.25) is 4.79 Å². The van der Waals surface area contributed by atoms with Crippen LogP contribution < -0.4 is 10.7 Å². The number of nitrogens with one attached hydrogen (secondary N) is 2. The molecule has 0 fully saturated rings. The number of para-hydroxylation sites is 1. The van der Waals surface area contributed by atoms with Gasteiger partial charge in [0.05, 0.1) is 6.04 Å². The number of hydrogen-bond donors (Lipinski definition) is 2. The smallest absolute Gasteiger partial charge is 0.240 e. The molecule has 1 amide bonds. The largest absolute Gasteiger partial charge is 0.325 e. The van der Waals surface area contributed by atoms with E-state index in [1.54, 1.807) is 16.8 Å². The van der Waals surface area contributed by atoms with Gasteiger partial charge in [0.2, 0.25) is 11.1 Å². The summed E-state index contributed by atoms with van der Waals surface area (Å²) in [6, 6.07) is 23.3. The Morgan fingerprint density at radius 1 is 1.03 bits per heavy atom. The molecule has 33 heavy (non-hydrogen) atoms. The third-order valence-corrected chi connectivity index (χ3v) is 6.83. The number of thioether (sulfide) groups is 1. The van der Waals surface area contributed by atoms with Crippen LogP contribution in [0.3, 0.4) is 0 Å². The third kappa shape index (κ3) is 4.21. The Morgan fingerprint density at radius 3 is 2.52 bits per heavy atom. The van der Waals surface area contributed by atoms with Crippen molar-refractivity contribution in [1.29, 1.82) is 0 Å². The molecule has 5 rings (SSSR count). The molecule has 2 unspecified atom stereocenters. The van der Waals surface area contributed by atoms with Crippen LogP contribution in [0, 0.1) is 5.82 Å². The van der Waals surface area contributed by atoms with Crippen molar-refractivity contribution >= 4 is 23.4 Å². The second-order valence-electron chi connectivity index (χ2n) is 7.70. The lowest BCUT2D eigenvalue weighted by atomic mass is 10.0. The van der Waals surface area contributed by atoms with Crippen LogP contribution in [-0.2, 0) is 11.2 Å². The van der Waals surface area contributed by atoms with E-state index >= 15 is 0 Å². The van der Waals surface area contributed by atoms with Crippen LogP contribution in [0.1, 0.15) is 24.1 Å². The van der Waals surface area contributed by atoms with Crippen molar-refractivity contribution in [3.8, 4) is 11.4 Å². The van der Waals surface area contributed by atoms with Crippen LogP contribution in [0.2, 0.25) is 0 Å². The number of aryl methyl sites for hydroxylation is 1. The molecule has 0 radical (unpaired) electrons. The molecule has 2 N–H and O–H groups in total. The molecule has 6 nitrogen and oxygen atoms in total. The fraction of sp³-hybridized carbons (Fsp3) is 0.160. The minimum absolute atomic E-state index is 0.154. The highest BCUT2D eigenvalue weighted by Gasteiger charge is 2.38. The van der Waals surface area contributed by atoms with Gasteiger partial charge in [0.25, 0.3) is 0 Å². The molecule has 2 heterocycles. The minimum atomic E-state index is -0.541. The van der Waals surface area contributed by atoms with Gasteiger partial charge in [-0.25, -0.2) is 9.07 Å². The van der Waals surface area contributed by atoms with E-state index in [-0.39, 0.29) is 11.7 Å². The summed E-state index contributed by atoms with van der Waals surface area (Å²) in [5, 5.41) is 11.8. The van der Waals surface area contributed by atoms with Crippen molar-refractivity contribution < 1.29 is 9.18 Å². The Balaban J connectivity index is 1.52. The number of carbonyl (C=O) groups is 1. The molecule has 0 aliphatic carbocycles. The molecular formula is C25H22FN5OS. The first-order chi connectivity index (χ1) is 16.1. The lowest BCUT2D eigenvalue weighted by Gasteiger charge is -2.33. The van der Waals surface area contributed by atoms with Crippen molar-refractivity contribution in [2.75, 3.05) is 10.7 Å². The third-order valence-electron chi connectivity index (χ3n) is 5.61. The molecule has 1 aromatic heterocycles. The Kier molecular flexibility index (Phi) is 5.83. The molecule has 0 spiro atoms. The maximum Gasteiger partial charge on any atom is 0.240 e. The number of anilines is 1. The molecule has 0 saturated carbocycles. The molecule has 3 aromatic carbocycles. The summed E-state index contributed by atoms with van der Waals surface area (Å²) in [5.74, 6) is 0.175. The van der Waals surface area contributed by atoms with Crippen molar-refractivity contribution in [3.05, 3.63) is 95.8 Å². The molecular weight excluding hydrogens is 437 g/mol. The Bertz CT molecular complexity index is 1280. The van der Waals surface area contributed by atoms with E-state index in [4.69, 9.17) is 0 Å². The maximum absolute atomic E-state index is 13.6. The number of nitrogens with zero attached hydrogens (tertiary/aromatic N) is 3. The lowest BCUT2D eigenvalue weighted by Crippen LogP contribution is -2.41. The van der Waals surface area contributed by atoms with Gasteiger partial charge in [-0.1, -0.05) is 79.3 Å². The Labute approximate surface area is 195 Å². The molecule has 0 bridgehead atoms. The summed E-state index contributed by atoms with van der Waals surface area (Å²) in [4.78, 5) is 13.5. The molecule has 8 heteroatoms. The second kappa shape index (κ2) is 9.07. The maximum atomic E-state index is 13.6. The summed E-state index contributed by atoms with van der Waals surface area (Å²) in [7, 11) is 0. The first kappa shape index (κ1) is 21.2. The highest BCUT2D eigenvalue weighted by molar-refractivity contribution is 8.00. The number of rotatable bonds is 5. The molecule has 4 aromatic rings. The quantitative estimate of drug-likeness (QED) is 0.437. The Morgan fingerprint density at radius 2 is 1.76 bits per heavy atom. The van der Waals surface area contributed by atoms with Gasteiger partial charge >= 0.3 is 0 Å². The average Bonchev–Trinajstić information content (AvgIpc) is 3.27. The second-order valence-corrected chi connectivity index (χ2v) is 8.81. The molecule has 1 aliphatic rings. The van der Waals surface area contributed by atoms with E-state index in [0.717, 1.165) is 28.8 Å². The highest BCUT2D eigenvalue weighted by atomic mass is 32.2. The van der Waals surface area contributed by atoms with Gasteiger partial charge in [0.15, 0.2) is 5.82 Å². The monoisotopic (exact) mass is 459 g/mol. The van der Waals surface area contributed by atoms with E-state index in [1.807, 2.05) is 54.6 Å².